The summed E-state index contributed by atoms with van der Waals surface area (Å²) in [4.78, 5) is 9.23. The van der Waals surface area contributed by atoms with Gasteiger partial charge >= 0.3 is 0 Å². The maximum Gasteiger partial charge on any atom is 0.146 e. The number of hydrogen-bond donors (Lipinski definition) is 0. The molecule has 1 aliphatic heterocycles. The molecule has 98 valence electrons. The zero-order valence-corrected chi connectivity index (χ0v) is 13.9. The molecule has 1 aromatic carbocycles. The number of rotatable bonds is 2. The van der Waals surface area contributed by atoms with Crippen LogP contribution in [-0.2, 0) is 0 Å². The molecule has 3 rings (SSSR count). The molecule has 0 radical (unpaired) electrons. The first-order chi connectivity index (χ1) is 9.25. The van der Waals surface area contributed by atoms with E-state index in [4.69, 9.17) is 16.6 Å². The molecular weight excluding hydrogens is 391 g/mol. The van der Waals surface area contributed by atoms with Crippen LogP contribution in [0.15, 0.2) is 30.3 Å². The van der Waals surface area contributed by atoms with Crippen LogP contribution in [0.3, 0.4) is 0 Å². The number of nitrogens with zero attached hydrogens (tertiary/aromatic N) is 2. The summed E-state index contributed by atoms with van der Waals surface area (Å²) in [6, 6.07) is 10.2. The van der Waals surface area contributed by atoms with Crippen molar-refractivity contribution < 1.29 is 0 Å². The van der Waals surface area contributed by atoms with Crippen LogP contribution in [0, 0.1) is 3.57 Å². The molecule has 0 aliphatic carbocycles. The van der Waals surface area contributed by atoms with Crippen molar-refractivity contribution in [3.05, 3.63) is 44.9 Å². The van der Waals surface area contributed by atoms with Crippen molar-refractivity contribution in [3.8, 4) is 11.3 Å². The van der Waals surface area contributed by atoms with Gasteiger partial charge in [-0.2, -0.15) is 11.8 Å². The summed E-state index contributed by atoms with van der Waals surface area (Å²) in [5.74, 6) is 2.07. The molecule has 19 heavy (non-hydrogen) atoms. The highest BCUT2D eigenvalue weighted by Crippen LogP contribution is 2.40. The zero-order chi connectivity index (χ0) is 13.2. The Labute approximate surface area is 135 Å². The predicted molar refractivity (Wildman–Crippen MR) is 89.6 cm³/mol. The highest BCUT2D eigenvalue weighted by molar-refractivity contribution is 14.1. The van der Waals surface area contributed by atoms with Gasteiger partial charge in [0.25, 0.3) is 0 Å². The monoisotopic (exact) mass is 402 g/mol. The minimum atomic E-state index is 0.400. The highest BCUT2D eigenvalue weighted by Gasteiger charge is 2.23. The standard InChI is InChI=1S/C14H12ClIN2S/c15-13-11(16)12(9-5-2-1-3-6-9)17-14(18-13)10-7-4-8-19-10/h1-3,5-6,10H,4,7-8H2. The molecule has 2 heterocycles. The van der Waals surface area contributed by atoms with Gasteiger partial charge in [0.1, 0.15) is 11.0 Å². The average molecular weight is 403 g/mol. The molecule has 0 N–H and O–H groups in total. The molecule has 1 aromatic heterocycles. The summed E-state index contributed by atoms with van der Waals surface area (Å²) in [6.07, 6.45) is 2.39. The molecule has 1 fully saturated rings. The van der Waals surface area contributed by atoms with E-state index in [1.54, 1.807) is 0 Å². The van der Waals surface area contributed by atoms with E-state index >= 15 is 0 Å². The smallest absolute Gasteiger partial charge is 0.146 e. The summed E-state index contributed by atoms with van der Waals surface area (Å²) in [7, 11) is 0. The predicted octanol–water partition coefficient (Wildman–Crippen LogP) is 4.97. The molecule has 2 nitrogen and oxygen atoms in total. The Morgan fingerprint density at radius 2 is 2.00 bits per heavy atom. The van der Waals surface area contributed by atoms with Crippen molar-refractivity contribution in [2.24, 2.45) is 0 Å². The lowest BCUT2D eigenvalue weighted by Crippen LogP contribution is -2.03. The Morgan fingerprint density at radius 1 is 1.21 bits per heavy atom. The Kier molecular flexibility index (Phi) is 4.29. The van der Waals surface area contributed by atoms with E-state index in [-0.39, 0.29) is 0 Å². The topological polar surface area (TPSA) is 25.8 Å². The van der Waals surface area contributed by atoms with Crippen LogP contribution in [0.1, 0.15) is 23.9 Å². The van der Waals surface area contributed by atoms with Gasteiger partial charge in [0, 0.05) is 5.56 Å². The number of thioether (sulfide) groups is 1. The number of benzene rings is 1. The summed E-state index contributed by atoms with van der Waals surface area (Å²) in [5, 5.41) is 0.967. The first-order valence-electron chi connectivity index (χ1n) is 6.15. The van der Waals surface area contributed by atoms with Crippen LogP contribution in [0.4, 0.5) is 0 Å². The average Bonchev–Trinajstić information content (AvgIpc) is 2.97. The second-order valence-electron chi connectivity index (χ2n) is 4.40. The van der Waals surface area contributed by atoms with E-state index in [9.17, 15) is 0 Å². The number of hydrogen-bond acceptors (Lipinski definition) is 3. The van der Waals surface area contributed by atoms with Crippen molar-refractivity contribution in [2.45, 2.75) is 18.1 Å². The van der Waals surface area contributed by atoms with Crippen LogP contribution in [-0.4, -0.2) is 15.7 Å². The first-order valence-corrected chi connectivity index (χ1v) is 8.66. The Balaban J connectivity index is 2.08. The van der Waals surface area contributed by atoms with Crippen LogP contribution in [0.25, 0.3) is 11.3 Å². The van der Waals surface area contributed by atoms with E-state index in [1.165, 1.54) is 12.2 Å². The maximum absolute atomic E-state index is 6.28. The normalized spacial score (nSPS) is 18.7. The van der Waals surface area contributed by atoms with Crippen molar-refractivity contribution in [3.63, 3.8) is 0 Å². The molecule has 0 saturated carbocycles. The Hall–Kier alpha value is -0.330. The van der Waals surface area contributed by atoms with Gasteiger partial charge in [-0.3, -0.25) is 0 Å². The van der Waals surface area contributed by atoms with Crippen molar-refractivity contribution in [1.82, 2.24) is 9.97 Å². The zero-order valence-electron chi connectivity index (χ0n) is 10.1. The van der Waals surface area contributed by atoms with Gasteiger partial charge in [0.15, 0.2) is 0 Å². The largest absolute Gasteiger partial charge is 0.230 e. The van der Waals surface area contributed by atoms with E-state index in [0.717, 1.165) is 27.1 Å². The summed E-state index contributed by atoms with van der Waals surface area (Å²) < 4.78 is 0.928. The van der Waals surface area contributed by atoms with Crippen LogP contribution < -0.4 is 0 Å². The van der Waals surface area contributed by atoms with Crippen LogP contribution in [0.5, 0.6) is 0 Å². The molecule has 2 aromatic rings. The fraction of sp³-hybridized carbons (Fsp3) is 0.286. The van der Waals surface area contributed by atoms with E-state index < -0.39 is 0 Å². The minimum absolute atomic E-state index is 0.400. The van der Waals surface area contributed by atoms with Gasteiger partial charge in [-0.25, -0.2) is 9.97 Å². The summed E-state index contributed by atoms with van der Waals surface area (Å²) >= 11 is 10.4. The molecule has 1 atom stereocenters. The minimum Gasteiger partial charge on any atom is -0.230 e. The molecule has 1 saturated heterocycles. The van der Waals surface area contributed by atoms with E-state index in [2.05, 4.69) is 39.7 Å². The lowest BCUT2D eigenvalue weighted by Gasteiger charge is -2.12. The maximum atomic E-state index is 6.28. The molecule has 0 spiro atoms. The highest BCUT2D eigenvalue weighted by atomic mass is 127. The lowest BCUT2D eigenvalue weighted by molar-refractivity contribution is 0.777. The SMILES string of the molecule is Clc1nc(C2CCCS2)nc(-c2ccccc2)c1I. The lowest BCUT2D eigenvalue weighted by atomic mass is 10.1. The molecule has 1 aliphatic rings. The van der Waals surface area contributed by atoms with E-state index in [0.29, 0.717) is 10.4 Å². The fourth-order valence-electron chi connectivity index (χ4n) is 2.15. The summed E-state index contributed by atoms with van der Waals surface area (Å²) in [5.41, 5.74) is 2.05. The quantitative estimate of drug-likeness (QED) is 0.524. The fourth-order valence-corrected chi connectivity index (χ4v) is 4.08. The molecule has 5 heteroatoms. The Bertz CT molecular complexity index is 585. The van der Waals surface area contributed by atoms with Gasteiger partial charge in [0.05, 0.1) is 14.5 Å². The van der Waals surface area contributed by atoms with Gasteiger partial charge < -0.3 is 0 Å². The third-order valence-corrected chi connectivity index (χ3v) is 6.08. The second-order valence-corrected chi connectivity index (χ2v) is 7.15. The molecule has 1 unspecified atom stereocenters. The van der Waals surface area contributed by atoms with Crippen molar-refractivity contribution in [1.29, 1.82) is 0 Å². The van der Waals surface area contributed by atoms with Crippen LogP contribution in [0.2, 0.25) is 5.15 Å². The molecule has 0 amide bonds. The van der Waals surface area contributed by atoms with Gasteiger partial charge in [-0.15, -0.1) is 0 Å². The van der Waals surface area contributed by atoms with Crippen molar-refractivity contribution in [2.75, 3.05) is 5.75 Å². The Morgan fingerprint density at radius 3 is 2.68 bits per heavy atom. The van der Waals surface area contributed by atoms with Gasteiger partial charge in [-0.1, -0.05) is 41.9 Å². The number of aromatic nitrogens is 2. The molecular formula is C14H12ClIN2S. The van der Waals surface area contributed by atoms with E-state index in [1.807, 2.05) is 30.0 Å². The second kappa shape index (κ2) is 5.97. The van der Waals surface area contributed by atoms with Gasteiger partial charge in [0.2, 0.25) is 0 Å². The molecule has 0 bridgehead atoms. The van der Waals surface area contributed by atoms with Gasteiger partial charge in [-0.05, 0) is 41.2 Å². The summed E-state index contributed by atoms with van der Waals surface area (Å²) in [6.45, 7) is 0. The van der Waals surface area contributed by atoms with Crippen LogP contribution >= 0.6 is 46.0 Å². The number of halogens is 2. The van der Waals surface area contributed by atoms with Crippen molar-refractivity contribution >= 4 is 46.0 Å². The first kappa shape index (κ1) is 13.6. The third-order valence-electron chi connectivity index (χ3n) is 3.09. The third kappa shape index (κ3) is 2.90.